The fourth-order valence-electron chi connectivity index (χ4n) is 1.34. The Bertz CT molecular complexity index is 455. The van der Waals surface area contributed by atoms with Crippen molar-refractivity contribution < 1.29 is 24.2 Å². The van der Waals surface area contributed by atoms with E-state index in [1.165, 1.54) is 32.0 Å². The number of hydrogen-bond acceptors (Lipinski definition) is 5. The smallest absolute Gasteiger partial charge is 0.377 e. The van der Waals surface area contributed by atoms with Gasteiger partial charge in [0.2, 0.25) is 0 Å². The number of carboxylic acids is 1. The number of carbonyl (C=O) groups is 2. The van der Waals surface area contributed by atoms with Crippen LogP contribution in [-0.2, 0) is 4.79 Å². The van der Waals surface area contributed by atoms with Crippen molar-refractivity contribution in [3.05, 3.63) is 17.7 Å². The van der Waals surface area contributed by atoms with E-state index in [0.29, 0.717) is 10.6 Å². The van der Waals surface area contributed by atoms with Crippen LogP contribution in [0.3, 0.4) is 0 Å². The molecule has 0 amide bonds. The largest absolute Gasteiger partial charge is 0.497 e. The molecule has 0 radical (unpaired) electrons. The van der Waals surface area contributed by atoms with Gasteiger partial charge in [-0.1, -0.05) is 0 Å². The van der Waals surface area contributed by atoms with Crippen molar-refractivity contribution in [1.82, 2.24) is 0 Å². The molecule has 1 aromatic rings. The number of carbonyl (C=O) groups excluding carboxylic acids is 1. The van der Waals surface area contributed by atoms with Crippen LogP contribution in [0.2, 0.25) is 0 Å². The molecule has 0 unspecified atom stereocenters. The van der Waals surface area contributed by atoms with Gasteiger partial charge in [0.15, 0.2) is 0 Å². The third-order valence-electron chi connectivity index (χ3n) is 2.13. The summed E-state index contributed by atoms with van der Waals surface area (Å²) in [4.78, 5) is 22.9. The fraction of sp³-hybridized carbons (Fsp3) is 0.273. The number of benzene rings is 1. The quantitative estimate of drug-likeness (QED) is 0.491. The minimum atomic E-state index is -1.52. The highest BCUT2D eigenvalue weighted by Gasteiger charge is 2.23. The fourth-order valence-corrected chi connectivity index (χ4v) is 1.95. The predicted molar refractivity (Wildman–Crippen MR) is 63.3 cm³/mol. The van der Waals surface area contributed by atoms with Crippen LogP contribution in [0.4, 0.5) is 0 Å². The molecule has 17 heavy (non-hydrogen) atoms. The zero-order valence-electron chi connectivity index (χ0n) is 9.64. The van der Waals surface area contributed by atoms with Gasteiger partial charge in [0.1, 0.15) is 11.5 Å². The molecule has 0 aromatic heterocycles. The monoisotopic (exact) mass is 256 g/mol. The highest BCUT2D eigenvalue weighted by molar-refractivity contribution is 7.98. The van der Waals surface area contributed by atoms with Gasteiger partial charge < -0.3 is 14.6 Å². The number of hydrogen-bond donors (Lipinski definition) is 1. The summed E-state index contributed by atoms with van der Waals surface area (Å²) in [7, 11) is 2.83. The number of rotatable bonds is 5. The Balaban J connectivity index is 3.44. The van der Waals surface area contributed by atoms with Gasteiger partial charge >= 0.3 is 5.97 Å². The summed E-state index contributed by atoms with van der Waals surface area (Å²) in [5.74, 6) is -1.87. The normalized spacial score (nSPS) is 9.82. The van der Waals surface area contributed by atoms with Crippen LogP contribution in [0.25, 0.3) is 0 Å². The maximum Gasteiger partial charge on any atom is 0.377 e. The Morgan fingerprint density at radius 3 is 2.29 bits per heavy atom. The third-order valence-corrected chi connectivity index (χ3v) is 2.87. The second kappa shape index (κ2) is 5.58. The van der Waals surface area contributed by atoms with Gasteiger partial charge in [-0.15, -0.1) is 11.8 Å². The Morgan fingerprint density at radius 2 is 1.88 bits per heavy atom. The lowest BCUT2D eigenvalue weighted by molar-refractivity contribution is -0.131. The average Bonchev–Trinajstić information content (AvgIpc) is 2.35. The first-order chi connectivity index (χ1) is 8.04. The van der Waals surface area contributed by atoms with Crippen LogP contribution >= 0.6 is 11.8 Å². The molecule has 0 fully saturated rings. The minimum absolute atomic E-state index is 0.0105. The van der Waals surface area contributed by atoms with E-state index in [1.54, 1.807) is 12.3 Å². The second-order valence-corrected chi connectivity index (χ2v) is 3.89. The van der Waals surface area contributed by atoms with E-state index >= 15 is 0 Å². The lowest BCUT2D eigenvalue weighted by Gasteiger charge is -2.12. The van der Waals surface area contributed by atoms with Gasteiger partial charge in [0.25, 0.3) is 5.78 Å². The van der Waals surface area contributed by atoms with Crippen molar-refractivity contribution in [2.75, 3.05) is 20.5 Å². The first kappa shape index (κ1) is 13.4. The van der Waals surface area contributed by atoms with Crippen LogP contribution in [0, 0.1) is 0 Å². The van der Waals surface area contributed by atoms with E-state index in [4.69, 9.17) is 14.6 Å². The van der Waals surface area contributed by atoms with Gasteiger partial charge in [-0.05, 0) is 18.4 Å². The standard InChI is InChI=1S/C11H12O5S/c1-15-6-4-7(9(12)11(13)14)10(16-2)8(5-6)17-3/h4-5H,1-3H3,(H,13,14). The molecule has 1 N–H and O–H groups in total. The molecule has 1 aromatic carbocycles. The number of aliphatic carboxylic acids is 1. The SMILES string of the molecule is COc1cc(SC)c(OC)c(C(=O)C(=O)O)c1. The molecule has 0 saturated heterocycles. The van der Waals surface area contributed by atoms with Gasteiger partial charge in [-0.2, -0.15) is 0 Å². The van der Waals surface area contributed by atoms with E-state index in [1.807, 2.05) is 0 Å². The Labute approximate surface area is 103 Å². The molecule has 6 heteroatoms. The van der Waals surface area contributed by atoms with Crippen molar-refractivity contribution in [3.63, 3.8) is 0 Å². The molecule has 92 valence electrons. The van der Waals surface area contributed by atoms with Gasteiger partial charge in [-0.25, -0.2) is 4.79 Å². The van der Waals surface area contributed by atoms with Crippen molar-refractivity contribution in [2.24, 2.45) is 0 Å². The summed E-state index contributed by atoms with van der Waals surface area (Å²) >= 11 is 1.34. The summed E-state index contributed by atoms with van der Waals surface area (Å²) in [5.41, 5.74) is -0.0105. The summed E-state index contributed by atoms with van der Waals surface area (Å²) in [6, 6.07) is 3.04. The van der Waals surface area contributed by atoms with Gasteiger partial charge in [-0.3, -0.25) is 4.79 Å². The predicted octanol–water partition coefficient (Wildman–Crippen LogP) is 1.69. The molecule has 0 bridgehead atoms. The second-order valence-electron chi connectivity index (χ2n) is 3.04. The highest BCUT2D eigenvalue weighted by Crippen LogP contribution is 2.35. The Morgan fingerprint density at radius 1 is 1.24 bits per heavy atom. The summed E-state index contributed by atoms with van der Waals surface area (Å²) < 4.78 is 10.1. The Kier molecular flexibility index (Phi) is 4.39. The van der Waals surface area contributed by atoms with Crippen molar-refractivity contribution >= 4 is 23.5 Å². The number of ketones is 1. The number of Topliss-reactive ketones (excluding diaryl/α,β-unsaturated/α-hetero) is 1. The van der Waals surface area contributed by atoms with Crippen LogP contribution in [0.15, 0.2) is 17.0 Å². The maximum atomic E-state index is 11.5. The average molecular weight is 256 g/mol. The van der Waals surface area contributed by atoms with E-state index in [9.17, 15) is 9.59 Å². The zero-order chi connectivity index (χ0) is 13.0. The first-order valence-corrected chi connectivity index (χ1v) is 5.85. The lowest BCUT2D eigenvalue weighted by atomic mass is 10.1. The van der Waals surface area contributed by atoms with Gasteiger partial charge in [0.05, 0.1) is 24.7 Å². The molecule has 0 atom stereocenters. The number of thioether (sulfide) groups is 1. The number of ether oxygens (including phenoxy) is 2. The van der Waals surface area contributed by atoms with Crippen molar-refractivity contribution in [2.45, 2.75) is 4.90 Å². The summed E-state index contributed by atoms with van der Waals surface area (Å²) in [6.45, 7) is 0. The summed E-state index contributed by atoms with van der Waals surface area (Å²) in [6.07, 6.45) is 1.80. The van der Waals surface area contributed by atoms with Crippen LogP contribution < -0.4 is 9.47 Å². The molecule has 1 rings (SSSR count). The van der Waals surface area contributed by atoms with Crippen molar-refractivity contribution in [3.8, 4) is 11.5 Å². The molecule has 0 spiro atoms. The third kappa shape index (κ3) is 2.71. The number of methoxy groups -OCH3 is 2. The first-order valence-electron chi connectivity index (χ1n) is 4.62. The van der Waals surface area contributed by atoms with E-state index in [0.717, 1.165) is 0 Å². The highest BCUT2D eigenvalue weighted by atomic mass is 32.2. The summed E-state index contributed by atoms with van der Waals surface area (Å²) in [5, 5.41) is 8.73. The van der Waals surface area contributed by atoms with Gasteiger partial charge in [0, 0.05) is 0 Å². The van der Waals surface area contributed by atoms with Crippen LogP contribution in [0.1, 0.15) is 10.4 Å². The van der Waals surface area contributed by atoms with E-state index in [2.05, 4.69) is 0 Å². The molecule has 0 aliphatic carbocycles. The van der Waals surface area contributed by atoms with E-state index < -0.39 is 11.8 Å². The Hall–Kier alpha value is -1.69. The topological polar surface area (TPSA) is 72.8 Å². The molecule has 0 heterocycles. The molecule has 0 aliphatic rings. The van der Waals surface area contributed by atoms with E-state index in [-0.39, 0.29) is 11.3 Å². The lowest BCUT2D eigenvalue weighted by Crippen LogP contribution is -2.14. The molecule has 0 saturated carbocycles. The van der Waals surface area contributed by atoms with Crippen molar-refractivity contribution in [1.29, 1.82) is 0 Å². The van der Waals surface area contributed by atoms with Crippen LogP contribution in [-0.4, -0.2) is 37.3 Å². The minimum Gasteiger partial charge on any atom is -0.497 e. The number of carboxylic acid groups (broad SMARTS) is 1. The zero-order valence-corrected chi connectivity index (χ0v) is 10.5. The molecule has 0 aliphatic heterocycles. The molecular formula is C11H12O5S. The molecule has 5 nitrogen and oxygen atoms in total. The van der Waals surface area contributed by atoms with Crippen LogP contribution in [0.5, 0.6) is 11.5 Å². The maximum absolute atomic E-state index is 11.5. The molecular weight excluding hydrogens is 244 g/mol.